The molecular weight excluding hydrogens is 482 g/mol. The zero-order chi connectivity index (χ0) is 24.6. The number of nitrogens with zero attached hydrogens (tertiary/aromatic N) is 3. The monoisotopic (exact) mass is 500 g/mol. The third-order valence-corrected chi connectivity index (χ3v) is 6.22. The number of aromatic nitrogens is 1. The summed E-state index contributed by atoms with van der Waals surface area (Å²) in [4.78, 5) is 44.5. The first-order chi connectivity index (χ1) is 16.2. The minimum atomic E-state index is -0.769. The standard InChI is InChI=1S/C24H19Cl2FN4O3/c1-30(24(34)21-17(26)4-2-5-18(21)27)23-19(31-9-3-6-20(31)32)11-14(12-29-23)15-10-13(22(28)33)7-8-16(15)25/h2,4-5,7-8,10-12H,3,6,9H2,1H3,(H2,28,33). The van der Waals surface area contributed by atoms with Crippen LogP contribution in [0.3, 0.4) is 0 Å². The van der Waals surface area contributed by atoms with Crippen molar-refractivity contribution >= 4 is 52.4 Å². The minimum absolute atomic E-state index is 0.0395. The minimum Gasteiger partial charge on any atom is -0.366 e. The third-order valence-electron chi connectivity index (χ3n) is 5.57. The Morgan fingerprint density at radius 3 is 2.56 bits per heavy atom. The quantitative estimate of drug-likeness (QED) is 0.549. The maximum Gasteiger partial charge on any atom is 0.263 e. The summed E-state index contributed by atoms with van der Waals surface area (Å²) in [6.07, 6.45) is 2.44. The SMILES string of the molecule is CN(C(=O)c1c(F)cccc1Cl)c1ncc(-c2cc(C(N)=O)ccc2Cl)cc1N1CCCC1=O. The van der Waals surface area contributed by atoms with E-state index in [4.69, 9.17) is 28.9 Å². The smallest absolute Gasteiger partial charge is 0.263 e. The number of carbonyl (C=O) groups is 3. The predicted octanol–water partition coefficient (Wildman–Crippen LogP) is 4.70. The lowest BCUT2D eigenvalue weighted by Gasteiger charge is -2.25. The van der Waals surface area contributed by atoms with Crippen LogP contribution in [-0.2, 0) is 4.79 Å². The van der Waals surface area contributed by atoms with E-state index >= 15 is 0 Å². The van der Waals surface area contributed by atoms with Crippen molar-refractivity contribution in [1.82, 2.24) is 4.98 Å². The number of nitrogens with two attached hydrogens (primary N) is 1. The van der Waals surface area contributed by atoms with Gasteiger partial charge in [-0.15, -0.1) is 0 Å². The van der Waals surface area contributed by atoms with Crippen molar-refractivity contribution in [3.05, 3.63) is 75.7 Å². The first-order valence-corrected chi connectivity index (χ1v) is 11.1. The first kappa shape index (κ1) is 23.7. The van der Waals surface area contributed by atoms with Gasteiger partial charge in [-0.05, 0) is 42.8 Å². The number of rotatable bonds is 5. The van der Waals surface area contributed by atoms with Crippen molar-refractivity contribution in [2.24, 2.45) is 5.73 Å². The highest BCUT2D eigenvalue weighted by Crippen LogP contribution is 2.37. The average Bonchev–Trinajstić information content (AvgIpc) is 3.23. The van der Waals surface area contributed by atoms with Crippen LogP contribution in [0.4, 0.5) is 15.9 Å². The number of hydrogen-bond acceptors (Lipinski definition) is 4. The van der Waals surface area contributed by atoms with E-state index in [9.17, 15) is 18.8 Å². The van der Waals surface area contributed by atoms with Crippen molar-refractivity contribution in [1.29, 1.82) is 0 Å². The van der Waals surface area contributed by atoms with Crippen molar-refractivity contribution < 1.29 is 18.8 Å². The van der Waals surface area contributed by atoms with Crippen LogP contribution in [0, 0.1) is 5.82 Å². The van der Waals surface area contributed by atoms with Crippen LogP contribution >= 0.6 is 23.2 Å². The van der Waals surface area contributed by atoms with E-state index in [-0.39, 0.29) is 27.9 Å². The average molecular weight is 501 g/mol. The van der Waals surface area contributed by atoms with Gasteiger partial charge in [0, 0.05) is 47.9 Å². The van der Waals surface area contributed by atoms with E-state index in [1.807, 2.05) is 0 Å². The Morgan fingerprint density at radius 2 is 1.91 bits per heavy atom. The van der Waals surface area contributed by atoms with Crippen LogP contribution in [0.1, 0.15) is 33.6 Å². The summed E-state index contributed by atoms with van der Waals surface area (Å²) >= 11 is 12.4. The van der Waals surface area contributed by atoms with Gasteiger partial charge >= 0.3 is 0 Å². The number of pyridine rings is 1. The number of carbonyl (C=O) groups excluding carboxylic acids is 3. The van der Waals surface area contributed by atoms with Gasteiger partial charge < -0.3 is 10.6 Å². The second-order valence-electron chi connectivity index (χ2n) is 7.74. The molecular formula is C24H19Cl2FN4O3. The highest BCUT2D eigenvalue weighted by atomic mass is 35.5. The predicted molar refractivity (Wildman–Crippen MR) is 129 cm³/mol. The molecule has 2 heterocycles. The Hall–Kier alpha value is -3.49. The molecule has 0 unspecified atom stereocenters. The summed E-state index contributed by atoms with van der Waals surface area (Å²) < 4.78 is 14.4. The summed E-state index contributed by atoms with van der Waals surface area (Å²) in [6.45, 7) is 0.425. The molecule has 34 heavy (non-hydrogen) atoms. The molecule has 0 aliphatic carbocycles. The Kier molecular flexibility index (Phi) is 6.54. The molecule has 4 rings (SSSR count). The van der Waals surface area contributed by atoms with E-state index < -0.39 is 17.6 Å². The number of primary amides is 1. The zero-order valence-corrected chi connectivity index (χ0v) is 19.5. The fourth-order valence-corrected chi connectivity index (χ4v) is 4.29. The highest BCUT2D eigenvalue weighted by Gasteiger charge is 2.30. The second kappa shape index (κ2) is 9.40. The lowest BCUT2D eigenvalue weighted by Crippen LogP contribution is -2.32. The molecule has 2 N–H and O–H groups in total. The molecule has 3 aromatic rings. The fraction of sp³-hybridized carbons (Fsp3) is 0.167. The Morgan fingerprint density at radius 1 is 1.15 bits per heavy atom. The number of halogens is 3. The Balaban J connectivity index is 1.84. The lowest BCUT2D eigenvalue weighted by atomic mass is 10.0. The summed E-state index contributed by atoms with van der Waals surface area (Å²) in [7, 11) is 1.43. The molecule has 0 spiro atoms. The van der Waals surface area contributed by atoms with Gasteiger partial charge in [-0.3, -0.25) is 19.3 Å². The van der Waals surface area contributed by atoms with Crippen molar-refractivity contribution in [2.75, 3.05) is 23.4 Å². The molecule has 7 nitrogen and oxygen atoms in total. The van der Waals surface area contributed by atoms with E-state index in [0.29, 0.717) is 41.2 Å². The molecule has 0 saturated carbocycles. The van der Waals surface area contributed by atoms with Crippen LogP contribution < -0.4 is 15.5 Å². The summed E-state index contributed by atoms with van der Waals surface area (Å²) in [6, 6.07) is 10.2. The molecule has 1 fully saturated rings. The van der Waals surface area contributed by atoms with Crippen molar-refractivity contribution in [3.63, 3.8) is 0 Å². The largest absolute Gasteiger partial charge is 0.366 e. The maximum atomic E-state index is 14.4. The van der Waals surface area contributed by atoms with Crippen LogP contribution in [0.25, 0.3) is 11.1 Å². The summed E-state index contributed by atoms with van der Waals surface area (Å²) in [5.74, 6) is -2.10. The molecule has 174 valence electrons. The van der Waals surface area contributed by atoms with E-state index in [0.717, 1.165) is 11.0 Å². The zero-order valence-electron chi connectivity index (χ0n) is 18.0. The molecule has 2 aromatic carbocycles. The molecule has 1 saturated heterocycles. The molecule has 3 amide bonds. The normalized spacial score (nSPS) is 13.3. The van der Waals surface area contributed by atoms with Gasteiger partial charge in [0.15, 0.2) is 5.82 Å². The lowest BCUT2D eigenvalue weighted by molar-refractivity contribution is -0.117. The van der Waals surface area contributed by atoms with Gasteiger partial charge in [0.25, 0.3) is 5.91 Å². The molecule has 0 atom stereocenters. The molecule has 0 radical (unpaired) electrons. The fourth-order valence-electron chi connectivity index (χ4n) is 3.82. The van der Waals surface area contributed by atoms with Crippen LogP contribution in [0.2, 0.25) is 10.0 Å². The van der Waals surface area contributed by atoms with Crippen LogP contribution in [0.5, 0.6) is 0 Å². The van der Waals surface area contributed by atoms with E-state index in [2.05, 4.69) is 4.98 Å². The van der Waals surface area contributed by atoms with Gasteiger partial charge in [-0.2, -0.15) is 0 Å². The maximum absolute atomic E-state index is 14.4. The molecule has 1 aromatic heterocycles. The number of amides is 3. The first-order valence-electron chi connectivity index (χ1n) is 10.3. The molecule has 10 heteroatoms. The molecule has 1 aliphatic rings. The molecule has 1 aliphatic heterocycles. The second-order valence-corrected chi connectivity index (χ2v) is 8.55. The van der Waals surface area contributed by atoms with Gasteiger partial charge in [0.1, 0.15) is 5.82 Å². The van der Waals surface area contributed by atoms with Gasteiger partial charge in [-0.25, -0.2) is 9.37 Å². The van der Waals surface area contributed by atoms with Crippen LogP contribution in [-0.4, -0.2) is 36.3 Å². The third kappa shape index (κ3) is 4.34. The van der Waals surface area contributed by atoms with Gasteiger partial charge in [-0.1, -0.05) is 29.3 Å². The van der Waals surface area contributed by atoms with Crippen molar-refractivity contribution in [2.45, 2.75) is 12.8 Å². The summed E-state index contributed by atoms with van der Waals surface area (Å²) in [5, 5.41) is 0.308. The van der Waals surface area contributed by atoms with Crippen molar-refractivity contribution in [3.8, 4) is 11.1 Å². The topological polar surface area (TPSA) is 96.6 Å². The number of benzene rings is 2. The van der Waals surface area contributed by atoms with E-state index in [1.54, 1.807) is 12.1 Å². The van der Waals surface area contributed by atoms with Crippen LogP contribution in [0.15, 0.2) is 48.7 Å². The Labute approximate surface area is 204 Å². The van der Waals surface area contributed by atoms with Gasteiger partial charge in [0.2, 0.25) is 11.8 Å². The number of hydrogen-bond donors (Lipinski definition) is 1. The molecule has 0 bridgehead atoms. The van der Waals surface area contributed by atoms with Gasteiger partial charge in [0.05, 0.1) is 16.3 Å². The van der Waals surface area contributed by atoms with E-state index in [1.165, 1.54) is 42.4 Å². The Bertz CT molecular complexity index is 1310. The highest BCUT2D eigenvalue weighted by molar-refractivity contribution is 6.34. The summed E-state index contributed by atoms with van der Waals surface area (Å²) in [5.41, 5.74) is 6.70. The number of anilines is 2.